The Morgan fingerprint density at radius 2 is 1.43 bits per heavy atom. The van der Waals surface area contributed by atoms with E-state index in [2.05, 4.69) is 59.9 Å². The van der Waals surface area contributed by atoms with Crippen molar-refractivity contribution in [1.29, 1.82) is 0 Å². The first kappa shape index (κ1) is 21.5. The Labute approximate surface area is 190 Å². The van der Waals surface area contributed by atoms with E-state index >= 15 is 0 Å². The topological polar surface area (TPSA) is 6.25 Å². The van der Waals surface area contributed by atoms with Crippen molar-refractivity contribution in [3.8, 4) is 0 Å². The molecule has 4 heteroatoms. The van der Waals surface area contributed by atoms with Crippen LogP contribution < -0.4 is 0 Å². The van der Waals surface area contributed by atoms with E-state index in [4.69, 9.17) is 23.2 Å². The van der Waals surface area contributed by atoms with Crippen LogP contribution in [0.2, 0.25) is 10.0 Å². The van der Waals surface area contributed by atoms with Crippen LogP contribution in [0, 0.1) is 5.92 Å². The first-order valence-electron chi connectivity index (χ1n) is 11.0. The third kappa shape index (κ3) is 4.76. The molecule has 0 spiro atoms. The van der Waals surface area contributed by atoms with E-state index in [1.807, 2.05) is 24.3 Å². The molecule has 2 heterocycles. The summed E-state index contributed by atoms with van der Waals surface area (Å²) in [5, 5.41) is 1.58. The van der Waals surface area contributed by atoms with Crippen LogP contribution in [0.3, 0.4) is 0 Å². The van der Waals surface area contributed by atoms with Crippen LogP contribution in [0.15, 0.2) is 60.3 Å². The number of hydrogen-bond donors (Lipinski definition) is 0. The molecule has 1 fully saturated rings. The zero-order chi connectivity index (χ0) is 21.1. The molecule has 4 rings (SSSR count). The number of allylic oxidation sites excluding steroid dienone is 1. The highest BCUT2D eigenvalue weighted by atomic mass is 35.5. The third-order valence-corrected chi connectivity index (χ3v) is 7.22. The maximum atomic E-state index is 6.14. The second-order valence-corrected chi connectivity index (χ2v) is 9.95. The van der Waals surface area contributed by atoms with Crippen molar-refractivity contribution < 1.29 is 4.58 Å². The first-order chi connectivity index (χ1) is 14.4. The van der Waals surface area contributed by atoms with E-state index in [0.717, 1.165) is 23.0 Å². The number of benzene rings is 2. The summed E-state index contributed by atoms with van der Waals surface area (Å²) in [7, 11) is 0. The van der Waals surface area contributed by atoms with Crippen molar-refractivity contribution in [3.05, 3.63) is 81.5 Å². The van der Waals surface area contributed by atoms with Crippen molar-refractivity contribution in [1.82, 2.24) is 4.90 Å². The standard InChI is InChI=1S/C26H31Cl2N2/c1-26(2)24(18-20-6-10-22(27)11-7-20)25(29-15-4-3-5-16-29)14-17-30(26)19-21-8-12-23(28)13-9-21/h6-14,17,24H,3-5,15-16,18-19H2,1-2H3/q+1. The van der Waals surface area contributed by atoms with Gasteiger partial charge in [-0.05, 0) is 55.5 Å². The molecule has 1 saturated heterocycles. The number of piperidine rings is 1. The molecule has 2 aromatic rings. The van der Waals surface area contributed by atoms with Gasteiger partial charge in [0.25, 0.3) is 0 Å². The molecule has 0 saturated carbocycles. The summed E-state index contributed by atoms with van der Waals surface area (Å²) < 4.78 is 2.49. The van der Waals surface area contributed by atoms with Crippen molar-refractivity contribution in [2.24, 2.45) is 5.92 Å². The summed E-state index contributed by atoms with van der Waals surface area (Å²) in [6, 6.07) is 16.6. The fourth-order valence-electron chi connectivity index (χ4n) is 4.77. The second kappa shape index (κ2) is 9.16. The molecule has 2 aliphatic heterocycles. The molecule has 0 aromatic heterocycles. The predicted octanol–water partition coefficient (Wildman–Crippen LogP) is 6.60. The van der Waals surface area contributed by atoms with Gasteiger partial charge in [0.15, 0.2) is 18.3 Å². The van der Waals surface area contributed by atoms with Gasteiger partial charge in [-0.15, -0.1) is 0 Å². The lowest BCUT2D eigenvalue weighted by molar-refractivity contribution is -0.621. The zero-order valence-corrected chi connectivity index (χ0v) is 19.5. The number of likely N-dealkylation sites (tertiary alicyclic amines) is 1. The molecule has 30 heavy (non-hydrogen) atoms. The van der Waals surface area contributed by atoms with Gasteiger partial charge in [0.05, 0.1) is 5.92 Å². The Balaban J connectivity index is 1.66. The maximum Gasteiger partial charge on any atom is 0.168 e. The van der Waals surface area contributed by atoms with Crippen molar-refractivity contribution in [2.45, 2.75) is 51.6 Å². The fraction of sp³-hybridized carbons (Fsp3) is 0.423. The lowest BCUT2D eigenvalue weighted by atomic mass is 9.77. The minimum absolute atomic E-state index is 0.0131. The van der Waals surface area contributed by atoms with E-state index in [1.165, 1.54) is 49.2 Å². The van der Waals surface area contributed by atoms with Gasteiger partial charge in [-0.25, -0.2) is 4.58 Å². The van der Waals surface area contributed by atoms with Crippen molar-refractivity contribution >= 4 is 29.4 Å². The number of rotatable bonds is 5. The zero-order valence-electron chi connectivity index (χ0n) is 18.0. The predicted molar refractivity (Wildman–Crippen MR) is 128 cm³/mol. The summed E-state index contributed by atoms with van der Waals surface area (Å²) >= 11 is 12.2. The Morgan fingerprint density at radius 1 is 0.867 bits per heavy atom. The molecule has 0 bridgehead atoms. The van der Waals surface area contributed by atoms with Gasteiger partial charge in [-0.2, -0.15) is 0 Å². The van der Waals surface area contributed by atoms with Gasteiger partial charge >= 0.3 is 0 Å². The highest BCUT2D eigenvalue weighted by molar-refractivity contribution is 6.30. The van der Waals surface area contributed by atoms with E-state index in [1.54, 1.807) is 0 Å². The minimum atomic E-state index is -0.0131. The molecule has 0 aliphatic carbocycles. The highest BCUT2D eigenvalue weighted by Gasteiger charge is 2.45. The van der Waals surface area contributed by atoms with Gasteiger partial charge in [0, 0.05) is 54.3 Å². The number of hydrogen-bond acceptors (Lipinski definition) is 1. The Hall–Kier alpha value is -1.77. The Morgan fingerprint density at radius 3 is 2.03 bits per heavy atom. The van der Waals surface area contributed by atoms with Gasteiger partial charge in [0.2, 0.25) is 0 Å². The maximum absolute atomic E-state index is 6.14. The molecule has 2 aliphatic rings. The van der Waals surface area contributed by atoms with E-state index in [-0.39, 0.29) is 5.54 Å². The molecule has 158 valence electrons. The van der Waals surface area contributed by atoms with Crippen LogP contribution in [-0.4, -0.2) is 34.3 Å². The molecule has 1 atom stereocenters. The Bertz CT molecular complexity index is 921. The van der Waals surface area contributed by atoms with E-state index < -0.39 is 0 Å². The van der Waals surface area contributed by atoms with E-state index in [9.17, 15) is 0 Å². The highest BCUT2D eigenvalue weighted by Crippen LogP contribution is 2.37. The van der Waals surface area contributed by atoms with Gasteiger partial charge in [0.1, 0.15) is 0 Å². The summed E-state index contributed by atoms with van der Waals surface area (Å²) in [5.41, 5.74) is 4.10. The lowest BCUT2D eigenvalue weighted by Gasteiger charge is -2.42. The van der Waals surface area contributed by atoms with Crippen LogP contribution in [0.4, 0.5) is 0 Å². The monoisotopic (exact) mass is 441 g/mol. The molecule has 2 nitrogen and oxygen atoms in total. The summed E-state index contributed by atoms with van der Waals surface area (Å²) in [5.74, 6) is 0.411. The average molecular weight is 442 g/mol. The quantitative estimate of drug-likeness (QED) is 0.473. The molecule has 2 aromatic carbocycles. The van der Waals surface area contributed by atoms with Crippen molar-refractivity contribution in [2.75, 3.05) is 13.1 Å². The fourth-order valence-corrected chi connectivity index (χ4v) is 5.02. The number of nitrogens with zero attached hydrogens (tertiary/aromatic N) is 2. The molecule has 0 N–H and O–H groups in total. The normalized spacial score (nSPS) is 21.2. The number of halogens is 2. The van der Waals surface area contributed by atoms with Crippen LogP contribution in [-0.2, 0) is 13.0 Å². The largest absolute Gasteiger partial charge is 0.374 e. The summed E-state index contributed by atoms with van der Waals surface area (Å²) in [4.78, 5) is 2.63. The molecular weight excluding hydrogens is 411 g/mol. The smallest absolute Gasteiger partial charge is 0.168 e. The third-order valence-electron chi connectivity index (χ3n) is 6.72. The minimum Gasteiger partial charge on any atom is -0.374 e. The van der Waals surface area contributed by atoms with Gasteiger partial charge < -0.3 is 4.90 Å². The van der Waals surface area contributed by atoms with Gasteiger partial charge in [-0.3, -0.25) is 0 Å². The van der Waals surface area contributed by atoms with Crippen LogP contribution in [0.1, 0.15) is 44.2 Å². The second-order valence-electron chi connectivity index (χ2n) is 9.08. The molecule has 0 amide bonds. The molecular formula is C26H31Cl2N2+. The molecule has 1 unspecified atom stereocenters. The SMILES string of the molecule is CC1(C)C(Cc2ccc(Cl)cc2)C(N2CCCCC2)=CC=[N+]1Cc1ccc(Cl)cc1. The summed E-state index contributed by atoms with van der Waals surface area (Å²) in [6.45, 7) is 7.99. The van der Waals surface area contributed by atoms with Gasteiger partial charge in [-0.1, -0.05) is 47.5 Å². The van der Waals surface area contributed by atoms with Crippen LogP contribution >= 0.6 is 23.2 Å². The lowest BCUT2D eigenvalue weighted by Crippen LogP contribution is -2.51. The average Bonchev–Trinajstić information content (AvgIpc) is 2.75. The Kier molecular flexibility index (Phi) is 6.55. The summed E-state index contributed by atoms with van der Waals surface area (Å²) in [6.07, 6.45) is 9.61. The van der Waals surface area contributed by atoms with Crippen LogP contribution in [0.5, 0.6) is 0 Å². The van der Waals surface area contributed by atoms with Crippen LogP contribution in [0.25, 0.3) is 0 Å². The molecule has 0 radical (unpaired) electrons. The van der Waals surface area contributed by atoms with Crippen molar-refractivity contribution in [3.63, 3.8) is 0 Å². The van der Waals surface area contributed by atoms with E-state index in [0.29, 0.717) is 5.92 Å². The first-order valence-corrected chi connectivity index (χ1v) is 11.7.